The van der Waals surface area contributed by atoms with E-state index in [9.17, 15) is 9.18 Å². The number of halogens is 1. The molecule has 0 unspecified atom stereocenters. The number of carbonyl (C=O) groups excluding carboxylic acids is 1. The summed E-state index contributed by atoms with van der Waals surface area (Å²) in [6, 6.07) is 4.86. The van der Waals surface area contributed by atoms with Crippen molar-refractivity contribution >= 4 is 17.7 Å². The lowest BCUT2D eigenvalue weighted by molar-refractivity contribution is -0.121. The summed E-state index contributed by atoms with van der Waals surface area (Å²) in [4.78, 5) is 20.9. The van der Waals surface area contributed by atoms with Crippen LogP contribution in [0.1, 0.15) is 34.5 Å². The highest BCUT2D eigenvalue weighted by atomic mass is 32.2. The molecule has 4 nitrogen and oxygen atoms in total. The van der Waals surface area contributed by atoms with Crippen molar-refractivity contribution in [3.63, 3.8) is 0 Å². The molecular formula is C18H22FN3OS. The molecule has 24 heavy (non-hydrogen) atoms. The number of hydrogen-bond donors (Lipinski definition) is 1. The number of nitrogens with one attached hydrogen (secondary N) is 1. The standard InChI is InChI=1S/C18H22FN3OS/c1-11-9-14(5-7-16(11)19)10-20-17(23)8-6-15-12(2)21-18(24-4)22-13(15)3/h5,7,9H,6,8,10H2,1-4H3,(H,20,23). The number of thioether (sulfide) groups is 1. The highest BCUT2D eigenvalue weighted by Gasteiger charge is 2.10. The zero-order valence-electron chi connectivity index (χ0n) is 14.4. The first-order valence-corrected chi connectivity index (χ1v) is 9.03. The van der Waals surface area contributed by atoms with Gasteiger partial charge in [0, 0.05) is 24.4 Å². The van der Waals surface area contributed by atoms with Crippen molar-refractivity contribution in [2.24, 2.45) is 0 Å². The van der Waals surface area contributed by atoms with Crippen LogP contribution in [0.25, 0.3) is 0 Å². The van der Waals surface area contributed by atoms with Gasteiger partial charge in [-0.1, -0.05) is 23.9 Å². The third-order valence-corrected chi connectivity index (χ3v) is 4.44. The summed E-state index contributed by atoms with van der Waals surface area (Å²) in [6.07, 6.45) is 2.93. The van der Waals surface area contributed by atoms with E-state index in [-0.39, 0.29) is 11.7 Å². The van der Waals surface area contributed by atoms with E-state index in [1.165, 1.54) is 17.8 Å². The lowest BCUT2D eigenvalue weighted by Crippen LogP contribution is -2.23. The normalized spacial score (nSPS) is 10.7. The molecule has 0 spiro atoms. The third kappa shape index (κ3) is 4.77. The molecule has 1 N–H and O–H groups in total. The number of aromatic nitrogens is 2. The minimum atomic E-state index is -0.232. The Morgan fingerprint density at radius 1 is 1.21 bits per heavy atom. The second-order valence-corrected chi connectivity index (χ2v) is 6.49. The topological polar surface area (TPSA) is 54.9 Å². The van der Waals surface area contributed by atoms with Crippen molar-refractivity contribution in [1.29, 1.82) is 0 Å². The van der Waals surface area contributed by atoms with E-state index in [2.05, 4.69) is 15.3 Å². The van der Waals surface area contributed by atoms with Crippen LogP contribution in [0.3, 0.4) is 0 Å². The molecule has 0 radical (unpaired) electrons. The molecule has 0 fully saturated rings. The Hall–Kier alpha value is -1.95. The molecule has 1 aromatic carbocycles. The SMILES string of the molecule is CSc1nc(C)c(CCC(=O)NCc2ccc(F)c(C)c2)c(C)n1. The van der Waals surface area contributed by atoms with Gasteiger partial charge >= 0.3 is 0 Å². The number of carbonyl (C=O) groups is 1. The van der Waals surface area contributed by atoms with Crippen molar-refractivity contribution in [2.45, 2.75) is 45.3 Å². The number of aryl methyl sites for hydroxylation is 3. The Kier molecular flexibility index (Phi) is 6.31. The quantitative estimate of drug-likeness (QED) is 0.642. The lowest BCUT2D eigenvalue weighted by Gasteiger charge is -2.10. The van der Waals surface area contributed by atoms with Gasteiger partial charge in [0.2, 0.25) is 5.91 Å². The smallest absolute Gasteiger partial charge is 0.220 e. The van der Waals surface area contributed by atoms with E-state index in [0.29, 0.717) is 24.9 Å². The minimum Gasteiger partial charge on any atom is -0.352 e. The predicted molar refractivity (Wildman–Crippen MR) is 94.6 cm³/mol. The Morgan fingerprint density at radius 2 is 1.88 bits per heavy atom. The fraction of sp³-hybridized carbons (Fsp3) is 0.389. The maximum Gasteiger partial charge on any atom is 0.220 e. The van der Waals surface area contributed by atoms with E-state index < -0.39 is 0 Å². The van der Waals surface area contributed by atoms with Crippen LogP contribution in [-0.4, -0.2) is 22.1 Å². The second kappa shape index (κ2) is 8.24. The number of rotatable bonds is 6. The molecule has 2 rings (SSSR count). The summed E-state index contributed by atoms with van der Waals surface area (Å²) in [5.41, 5.74) is 4.35. The minimum absolute atomic E-state index is 0.0373. The molecule has 0 bridgehead atoms. The van der Waals surface area contributed by atoms with Crippen molar-refractivity contribution in [3.05, 3.63) is 52.1 Å². The molecule has 6 heteroatoms. The molecule has 128 valence electrons. The Bertz CT molecular complexity index is 726. The molecule has 0 aliphatic rings. The monoisotopic (exact) mass is 347 g/mol. The fourth-order valence-corrected chi connectivity index (χ4v) is 2.96. The van der Waals surface area contributed by atoms with Crippen molar-refractivity contribution in [3.8, 4) is 0 Å². The van der Waals surface area contributed by atoms with Gasteiger partial charge in [-0.05, 0) is 56.2 Å². The molecule has 1 aromatic heterocycles. The van der Waals surface area contributed by atoms with Gasteiger partial charge in [-0.25, -0.2) is 14.4 Å². The lowest BCUT2D eigenvalue weighted by atomic mass is 10.1. The van der Waals surface area contributed by atoms with Gasteiger partial charge in [0.25, 0.3) is 0 Å². The van der Waals surface area contributed by atoms with Crippen LogP contribution in [0.4, 0.5) is 4.39 Å². The van der Waals surface area contributed by atoms with Gasteiger partial charge in [-0.3, -0.25) is 4.79 Å². The van der Waals surface area contributed by atoms with Gasteiger partial charge in [-0.2, -0.15) is 0 Å². The molecule has 1 heterocycles. The highest BCUT2D eigenvalue weighted by Crippen LogP contribution is 2.17. The summed E-state index contributed by atoms with van der Waals surface area (Å²) in [6.45, 7) is 6.01. The number of benzene rings is 1. The molecule has 2 aromatic rings. The van der Waals surface area contributed by atoms with Crippen LogP contribution in [0.15, 0.2) is 23.4 Å². The molecule has 0 saturated heterocycles. The summed E-state index contributed by atoms with van der Waals surface area (Å²) in [7, 11) is 0. The molecular weight excluding hydrogens is 325 g/mol. The van der Waals surface area contributed by atoms with E-state index >= 15 is 0 Å². The first kappa shape index (κ1) is 18.4. The Morgan fingerprint density at radius 3 is 2.46 bits per heavy atom. The number of nitrogens with zero attached hydrogens (tertiary/aromatic N) is 2. The fourth-order valence-electron chi connectivity index (χ4n) is 2.51. The summed E-state index contributed by atoms with van der Waals surface area (Å²) in [5, 5.41) is 3.63. The second-order valence-electron chi connectivity index (χ2n) is 5.72. The van der Waals surface area contributed by atoms with Crippen LogP contribution in [0.2, 0.25) is 0 Å². The van der Waals surface area contributed by atoms with Gasteiger partial charge in [0.05, 0.1) is 0 Å². The number of hydrogen-bond acceptors (Lipinski definition) is 4. The molecule has 1 amide bonds. The van der Waals surface area contributed by atoms with Crippen LogP contribution < -0.4 is 5.32 Å². The van der Waals surface area contributed by atoms with E-state index in [4.69, 9.17) is 0 Å². The largest absolute Gasteiger partial charge is 0.352 e. The maximum atomic E-state index is 13.2. The summed E-state index contributed by atoms with van der Waals surface area (Å²) in [5.74, 6) is -0.269. The molecule has 0 saturated carbocycles. The van der Waals surface area contributed by atoms with Crippen molar-refractivity contribution in [1.82, 2.24) is 15.3 Å². The van der Waals surface area contributed by atoms with Gasteiger partial charge < -0.3 is 5.32 Å². The van der Waals surface area contributed by atoms with E-state index in [1.807, 2.05) is 20.1 Å². The van der Waals surface area contributed by atoms with Gasteiger partial charge in [-0.15, -0.1) is 0 Å². The Balaban J connectivity index is 1.90. The van der Waals surface area contributed by atoms with Crippen LogP contribution >= 0.6 is 11.8 Å². The average Bonchev–Trinajstić information content (AvgIpc) is 2.55. The van der Waals surface area contributed by atoms with E-state index in [1.54, 1.807) is 19.1 Å². The zero-order valence-corrected chi connectivity index (χ0v) is 15.3. The highest BCUT2D eigenvalue weighted by molar-refractivity contribution is 7.98. The molecule has 0 aliphatic heterocycles. The van der Waals surface area contributed by atoms with E-state index in [0.717, 1.165) is 27.7 Å². The third-order valence-electron chi connectivity index (χ3n) is 3.90. The van der Waals surface area contributed by atoms with Crippen molar-refractivity contribution in [2.75, 3.05) is 6.26 Å². The number of amides is 1. The van der Waals surface area contributed by atoms with Crippen LogP contribution in [-0.2, 0) is 17.8 Å². The first-order valence-electron chi connectivity index (χ1n) is 7.80. The van der Waals surface area contributed by atoms with Gasteiger partial charge in [0.15, 0.2) is 5.16 Å². The predicted octanol–water partition coefficient (Wildman–Crippen LogP) is 3.51. The van der Waals surface area contributed by atoms with Crippen LogP contribution in [0, 0.1) is 26.6 Å². The first-order chi connectivity index (χ1) is 11.4. The van der Waals surface area contributed by atoms with Crippen LogP contribution in [0.5, 0.6) is 0 Å². The zero-order chi connectivity index (χ0) is 17.7. The average molecular weight is 347 g/mol. The molecule has 0 atom stereocenters. The van der Waals surface area contributed by atoms with Crippen molar-refractivity contribution < 1.29 is 9.18 Å². The molecule has 0 aliphatic carbocycles. The summed E-state index contributed by atoms with van der Waals surface area (Å²) < 4.78 is 13.2. The summed E-state index contributed by atoms with van der Waals surface area (Å²) >= 11 is 1.51. The van der Waals surface area contributed by atoms with Gasteiger partial charge in [0.1, 0.15) is 5.82 Å². The Labute approximate surface area is 146 Å². The maximum absolute atomic E-state index is 13.2.